The molecule has 0 saturated carbocycles. The molecule has 42 heavy (non-hydrogen) atoms. The molecule has 2 aromatic heterocycles. The normalized spacial score (nSPS) is 10.7. The molecule has 0 radical (unpaired) electrons. The number of alkyl halides is 6. The second-order valence-corrected chi connectivity index (χ2v) is 8.80. The fraction of sp³-hybridized carbons (Fsp3) is 0.0769. The van der Waals surface area contributed by atoms with Crippen LogP contribution in [-0.2, 0) is 12.4 Å². The number of nitriles is 2. The molecule has 0 unspecified atom stereocenters. The summed E-state index contributed by atoms with van der Waals surface area (Å²) >= 11 is 3.06. The molecule has 0 aliphatic heterocycles. The quantitative estimate of drug-likeness (QED) is 0.202. The van der Waals surface area contributed by atoms with Crippen molar-refractivity contribution in [2.75, 3.05) is 0 Å². The van der Waals surface area contributed by atoms with E-state index in [1.807, 2.05) is 6.07 Å². The first kappa shape index (κ1) is 33.8. The molecule has 2 heterocycles. The molecule has 216 valence electrons. The van der Waals surface area contributed by atoms with Crippen LogP contribution in [0.25, 0.3) is 11.1 Å². The maximum absolute atomic E-state index is 13.2. The summed E-state index contributed by atoms with van der Waals surface area (Å²) in [4.78, 5) is 6.31. The van der Waals surface area contributed by atoms with Gasteiger partial charge in [-0.25, -0.2) is 8.78 Å². The first-order valence-corrected chi connectivity index (χ1v) is 11.8. The molecule has 6 nitrogen and oxygen atoms in total. The van der Waals surface area contributed by atoms with Crippen molar-refractivity contribution in [2.45, 2.75) is 12.4 Å². The lowest BCUT2D eigenvalue weighted by Gasteiger charge is -2.07. The fourth-order valence-corrected chi connectivity index (χ4v) is 3.36. The van der Waals surface area contributed by atoms with E-state index >= 15 is 0 Å². The summed E-state index contributed by atoms with van der Waals surface area (Å²) in [5.74, 6) is -1.03. The molecular weight excluding hydrogens is 643 g/mol. The van der Waals surface area contributed by atoms with E-state index in [-0.39, 0.29) is 11.0 Å². The van der Waals surface area contributed by atoms with Crippen LogP contribution in [0.3, 0.4) is 0 Å². The highest BCUT2D eigenvalue weighted by atomic mass is 79.9. The molecule has 0 saturated heterocycles. The highest BCUT2D eigenvalue weighted by Crippen LogP contribution is 2.29. The highest BCUT2D eigenvalue weighted by molar-refractivity contribution is 9.10. The molecule has 0 aliphatic carbocycles. The average Bonchev–Trinajstić information content (AvgIpc) is 2.92. The van der Waals surface area contributed by atoms with E-state index in [1.165, 1.54) is 24.3 Å². The Kier molecular flexibility index (Phi) is 11.7. The Bertz CT molecular complexity index is 1570. The van der Waals surface area contributed by atoms with Crippen molar-refractivity contribution in [3.05, 3.63) is 112 Å². The van der Waals surface area contributed by atoms with Gasteiger partial charge < -0.3 is 10.0 Å². The molecular formula is C26H14BBrF8N4O2. The predicted octanol–water partition coefficient (Wildman–Crippen LogP) is 6.02. The SMILES string of the molecule is N#Cc1cc(F)cc(-c2ccc(C(F)(F)F)nc2)c1.N#Cc1cc(F)cc(Br)c1.OB(O)c1ccc(C(F)(F)F)nc1. The maximum Gasteiger partial charge on any atom is 0.490 e. The van der Waals surface area contributed by atoms with Crippen LogP contribution in [0.15, 0.2) is 77.5 Å². The van der Waals surface area contributed by atoms with Gasteiger partial charge in [-0.2, -0.15) is 36.9 Å². The number of benzene rings is 2. The van der Waals surface area contributed by atoms with Crippen molar-refractivity contribution < 1.29 is 45.2 Å². The second-order valence-electron chi connectivity index (χ2n) is 7.89. The Labute approximate surface area is 241 Å². The van der Waals surface area contributed by atoms with Gasteiger partial charge in [-0.3, -0.25) is 9.97 Å². The number of hydrogen-bond donors (Lipinski definition) is 2. The minimum atomic E-state index is -4.52. The Balaban J connectivity index is 0.000000234. The smallest absolute Gasteiger partial charge is 0.423 e. The second kappa shape index (κ2) is 14.5. The van der Waals surface area contributed by atoms with Gasteiger partial charge in [0.2, 0.25) is 0 Å². The Morgan fingerprint density at radius 1 is 0.667 bits per heavy atom. The first-order valence-electron chi connectivity index (χ1n) is 11.0. The van der Waals surface area contributed by atoms with Crippen molar-refractivity contribution in [2.24, 2.45) is 0 Å². The van der Waals surface area contributed by atoms with Gasteiger partial charge in [-0.1, -0.05) is 28.1 Å². The molecule has 2 N–H and O–H groups in total. The van der Waals surface area contributed by atoms with Crippen LogP contribution in [0.1, 0.15) is 22.5 Å². The van der Waals surface area contributed by atoms with Crippen LogP contribution in [0, 0.1) is 34.3 Å². The summed E-state index contributed by atoms with van der Waals surface area (Å²) in [6, 6.07) is 14.9. The van der Waals surface area contributed by atoms with E-state index < -0.39 is 42.5 Å². The zero-order valence-corrected chi connectivity index (χ0v) is 22.2. The van der Waals surface area contributed by atoms with Gasteiger partial charge in [0.05, 0.1) is 23.3 Å². The number of aromatic nitrogens is 2. The number of nitrogens with zero attached hydrogens (tertiary/aromatic N) is 4. The molecule has 0 bridgehead atoms. The zero-order chi connectivity index (χ0) is 31.7. The van der Waals surface area contributed by atoms with Crippen LogP contribution in [0.2, 0.25) is 0 Å². The van der Waals surface area contributed by atoms with Gasteiger partial charge in [0, 0.05) is 27.9 Å². The Morgan fingerprint density at radius 2 is 1.17 bits per heavy atom. The largest absolute Gasteiger partial charge is 0.490 e. The highest BCUT2D eigenvalue weighted by Gasteiger charge is 2.33. The molecule has 0 amide bonds. The summed E-state index contributed by atoms with van der Waals surface area (Å²) < 4.78 is 99.1. The standard InChI is InChI=1S/C13H6F4N2.C7H3BrFN.C6H5BF3NO2/c14-11-4-8(6-18)3-10(5-11)9-1-2-12(19-7-9)13(15,16)17;8-6-1-5(4-10)2-7(9)3-6;8-6(9,10)5-2-1-4(3-11-5)7(12)13/h1-5,7H;1-3H;1-3,12-13H. The molecule has 4 aromatic rings. The van der Waals surface area contributed by atoms with Crippen LogP contribution in [0.4, 0.5) is 35.1 Å². The number of hydrogen-bond acceptors (Lipinski definition) is 6. The van der Waals surface area contributed by atoms with Gasteiger partial charge in [0.15, 0.2) is 0 Å². The van der Waals surface area contributed by atoms with Crippen molar-refractivity contribution >= 4 is 28.5 Å². The van der Waals surface area contributed by atoms with Gasteiger partial charge in [-0.05, 0) is 54.1 Å². The monoisotopic (exact) mass is 656 g/mol. The summed E-state index contributed by atoms with van der Waals surface area (Å²) in [5.41, 5.74) is -1.12. The van der Waals surface area contributed by atoms with Crippen molar-refractivity contribution in [3.8, 4) is 23.3 Å². The summed E-state index contributed by atoms with van der Waals surface area (Å²) in [7, 11) is -1.80. The lowest BCUT2D eigenvalue weighted by atomic mass is 9.82. The van der Waals surface area contributed by atoms with E-state index in [0.717, 1.165) is 36.7 Å². The maximum atomic E-state index is 13.2. The predicted molar refractivity (Wildman–Crippen MR) is 137 cm³/mol. The molecule has 0 fully saturated rings. The molecule has 0 spiro atoms. The van der Waals surface area contributed by atoms with Gasteiger partial charge >= 0.3 is 19.5 Å². The third-order valence-corrected chi connectivity index (χ3v) is 5.24. The Morgan fingerprint density at radius 3 is 1.57 bits per heavy atom. The van der Waals surface area contributed by atoms with E-state index in [2.05, 4.69) is 25.9 Å². The van der Waals surface area contributed by atoms with Gasteiger partial charge in [0.1, 0.15) is 23.0 Å². The van der Waals surface area contributed by atoms with E-state index in [0.29, 0.717) is 27.2 Å². The zero-order valence-electron chi connectivity index (χ0n) is 20.6. The molecule has 4 rings (SSSR count). The molecule has 0 atom stereocenters. The van der Waals surface area contributed by atoms with E-state index in [4.69, 9.17) is 20.6 Å². The minimum Gasteiger partial charge on any atom is -0.423 e. The number of rotatable bonds is 2. The van der Waals surface area contributed by atoms with E-state index in [9.17, 15) is 35.1 Å². The molecule has 2 aromatic carbocycles. The fourth-order valence-electron chi connectivity index (χ4n) is 2.90. The van der Waals surface area contributed by atoms with Crippen LogP contribution in [-0.4, -0.2) is 27.1 Å². The van der Waals surface area contributed by atoms with Gasteiger partial charge in [-0.15, -0.1) is 0 Å². The number of halogens is 9. The summed E-state index contributed by atoms with van der Waals surface area (Å²) in [5, 5.41) is 34.2. The lowest BCUT2D eigenvalue weighted by molar-refractivity contribution is -0.141. The lowest BCUT2D eigenvalue weighted by Crippen LogP contribution is -2.30. The van der Waals surface area contributed by atoms with Gasteiger partial charge in [0.25, 0.3) is 0 Å². The molecule has 0 aliphatic rings. The number of pyridine rings is 2. The summed E-state index contributed by atoms with van der Waals surface area (Å²) in [6.45, 7) is 0. The minimum absolute atomic E-state index is 0.0759. The summed E-state index contributed by atoms with van der Waals surface area (Å²) in [6.07, 6.45) is -7.25. The van der Waals surface area contributed by atoms with Crippen molar-refractivity contribution in [1.82, 2.24) is 9.97 Å². The van der Waals surface area contributed by atoms with Crippen LogP contribution in [0.5, 0.6) is 0 Å². The first-order chi connectivity index (χ1) is 19.5. The third kappa shape index (κ3) is 10.6. The third-order valence-electron chi connectivity index (χ3n) is 4.78. The molecule has 16 heteroatoms. The van der Waals surface area contributed by atoms with Crippen molar-refractivity contribution in [1.29, 1.82) is 10.5 Å². The van der Waals surface area contributed by atoms with Crippen LogP contribution < -0.4 is 5.46 Å². The Hall–Kier alpha value is -4.38. The topological polar surface area (TPSA) is 114 Å². The average molecular weight is 657 g/mol. The van der Waals surface area contributed by atoms with Crippen LogP contribution >= 0.6 is 15.9 Å². The van der Waals surface area contributed by atoms with Crippen molar-refractivity contribution in [3.63, 3.8) is 0 Å². The van der Waals surface area contributed by atoms with E-state index in [1.54, 1.807) is 12.1 Å².